The number of phenols is 1. The Balaban J connectivity index is 2.05. The molecule has 2 N–H and O–H groups in total. The highest BCUT2D eigenvalue weighted by molar-refractivity contribution is 6.76. The lowest BCUT2D eigenvalue weighted by atomic mass is 9.85. The molecule has 0 spiro atoms. The van der Waals surface area contributed by atoms with Crippen LogP contribution >= 0.6 is 0 Å². The Bertz CT molecular complexity index is 681. The molecular weight excluding hydrogens is 316 g/mol. The molecule has 132 valence electrons. The van der Waals surface area contributed by atoms with Crippen LogP contribution in [0.15, 0.2) is 24.4 Å². The maximum Gasteiger partial charge on any atom is 0.137 e. The van der Waals surface area contributed by atoms with E-state index in [0.717, 1.165) is 35.3 Å². The first kappa shape index (κ1) is 18.7. The number of hydrogen-bond donors (Lipinski definition) is 2. The van der Waals surface area contributed by atoms with E-state index < -0.39 is 8.07 Å². The second-order valence-electron chi connectivity index (χ2n) is 8.59. The first-order valence-electron chi connectivity index (χ1n) is 8.52. The summed E-state index contributed by atoms with van der Waals surface area (Å²) in [5, 5.41) is 10.1. The minimum atomic E-state index is -1.05. The first-order valence-corrected chi connectivity index (χ1v) is 12.2. The van der Waals surface area contributed by atoms with Gasteiger partial charge in [-0.3, -0.25) is 0 Å². The van der Waals surface area contributed by atoms with Gasteiger partial charge in [0, 0.05) is 26.4 Å². The Hall–Kier alpha value is -1.59. The summed E-state index contributed by atoms with van der Waals surface area (Å²) in [5.41, 5.74) is 2.69. The predicted octanol–water partition coefficient (Wildman–Crippen LogP) is 4.93. The number of phenolic OH excluding ortho intramolecular Hbond substituents is 1. The van der Waals surface area contributed by atoms with Gasteiger partial charge in [0.05, 0.1) is 12.3 Å². The van der Waals surface area contributed by atoms with Crippen molar-refractivity contribution in [2.45, 2.75) is 58.5 Å². The molecule has 1 aromatic heterocycles. The number of aromatic amines is 1. The van der Waals surface area contributed by atoms with Gasteiger partial charge in [-0.05, 0) is 35.2 Å². The van der Waals surface area contributed by atoms with Crippen molar-refractivity contribution in [1.29, 1.82) is 0 Å². The van der Waals surface area contributed by atoms with Crippen LogP contribution in [0.3, 0.4) is 0 Å². The van der Waals surface area contributed by atoms with E-state index in [2.05, 4.69) is 50.4 Å². The number of ether oxygens (including phenoxy) is 1. The molecule has 0 bridgehead atoms. The summed E-state index contributed by atoms with van der Waals surface area (Å²) in [6, 6.07) is 6.79. The molecule has 0 saturated carbocycles. The van der Waals surface area contributed by atoms with Crippen LogP contribution in [-0.4, -0.2) is 29.8 Å². The highest BCUT2D eigenvalue weighted by Crippen LogP contribution is 2.33. The van der Waals surface area contributed by atoms with Gasteiger partial charge in [0.25, 0.3) is 0 Å². The summed E-state index contributed by atoms with van der Waals surface area (Å²) in [6.07, 6.45) is 1.90. The highest BCUT2D eigenvalue weighted by atomic mass is 28.3. The number of benzene rings is 1. The van der Waals surface area contributed by atoms with Crippen LogP contribution < -0.4 is 0 Å². The van der Waals surface area contributed by atoms with Crippen LogP contribution in [0.2, 0.25) is 25.7 Å². The number of nitrogens with zero attached hydrogens (tertiary/aromatic N) is 1. The molecule has 0 atom stereocenters. The number of nitrogens with one attached hydrogen (secondary N) is 1. The summed E-state index contributed by atoms with van der Waals surface area (Å²) in [4.78, 5) is 7.83. The smallest absolute Gasteiger partial charge is 0.137 e. The van der Waals surface area contributed by atoms with Gasteiger partial charge in [-0.15, -0.1) is 0 Å². The number of H-pyrrole nitrogens is 1. The normalized spacial score (nSPS) is 12.6. The summed E-state index contributed by atoms with van der Waals surface area (Å²) >= 11 is 0. The molecule has 1 heterocycles. The third kappa shape index (κ3) is 5.21. The standard InChI is InChI=1S/C19H30N2O2Si/c1-19(2,3)16-11-14(7-8-17(16)22)18-20-12-15(21-18)13-23-9-10-24(4,5)6/h7-8,11-12,22H,9-10,13H2,1-6H3,(H,20,21). The van der Waals surface area contributed by atoms with Crippen LogP contribution in [-0.2, 0) is 16.8 Å². The molecule has 0 fully saturated rings. The van der Waals surface area contributed by atoms with Crippen LogP contribution in [0.5, 0.6) is 5.75 Å². The highest BCUT2D eigenvalue weighted by Gasteiger charge is 2.19. The van der Waals surface area contributed by atoms with E-state index in [1.807, 2.05) is 18.3 Å². The van der Waals surface area contributed by atoms with Gasteiger partial charge in [-0.2, -0.15) is 0 Å². The molecule has 0 aliphatic rings. The first-order chi connectivity index (χ1) is 11.1. The fourth-order valence-electron chi connectivity index (χ4n) is 2.42. The zero-order valence-electron chi connectivity index (χ0n) is 15.7. The van der Waals surface area contributed by atoms with E-state index in [0.29, 0.717) is 12.4 Å². The minimum Gasteiger partial charge on any atom is -0.508 e. The van der Waals surface area contributed by atoms with Crippen molar-refractivity contribution in [2.75, 3.05) is 6.61 Å². The largest absolute Gasteiger partial charge is 0.508 e. The Morgan fingerprint density at radius 3 is 2.54 bits per heavy atom. The number of aromatic nitrogens is 2. The zero-order valence-corrected chi connectivity index (χ0v) is 16.7. The molecule has 0 saturated heterocycles. The monoisotopic (exact) mass is 346 g/mol. The Morgan fingerprint density at radius 2 is 1.92 bits per heavy atom. The zero-order chi connectivity index (χ0) is 18.0. The van der Waals surface area contributed by atoms with Gasteiger partial charge in [0.1, 0.15) is 11.6 Å². The molecule has 0 amide bonds. The molecule has 0 aliphatic heterocycles. The number of imidazole rings is 1. The molecule has 1 aromatic carbocycles. The Kier molecular flexibility index (Phi) is 5.55. The molecular formula is C19H30N2O2Si. The fraction of sp³-hybridized carbons (Fsp3) is 0.526. The van der Waals surface area contributed by atoms with E-state index in [9.17, 15) is 5.11 Å². The van der Waals surface area contributed by atoms with E-state index in [-0.39, 0.29) is 5.41 Å². The third-order valence-electron chi connectivity index (χ3n) is 3.96. The molecule has 2 rings (SSSR count). The molecule has 24 heavy (non-hydrogen) atoms. The number of hydrogen-bond acceptors (Lipinski definition) is 3. The second-order valence-corrected chi connectivity index (χ2v) is 14.2. The summed E-state index contributed by atoms with van der Waals surface area (Å²) in [7, 11) is -1.05. The van der Waals surface area contributed by atoms with Gasteiger partial charge in [0.2, 0.25) is 0 Å². The average Bonchev–Trinajstić information content (AvgIpc) is 2.91. The lowest BCUT2D eigenvalue weighted by Crippen LogP contribution is -2.21. The quantitative estimate of drug-likeness (QED) is 0.575. The Morgan fingerprint density at radius 1 is 1.21 bits per heavy atom. The van der Waals surface area contributed by atoms with Gasteiger partial charge >= 0.3 is 0 Å². The lowest BCUT2D eigenvalue weighted by Gasteiger charge is -2.20. The fourth-order valence-corrected chi connectivity index (χ4v) is 3.18. The predicted molar refractivity (Wildman–Crippen MR) is 102 cm³/mol. The van der Waals surface area contributed by atoms with E-state index >= 15 is 0 Å². The van der Waals surface area contributed by atoms with Gasteiger partial charge in [-0.25, -0.2) is 4.98 Å². The maximum atomic E-state index is 10.1. The summed E-state index contributed by atoms with van der Waals surface area (Å²) in [6.45, 7) is 14.6. The summed E-state index contributed by atoms with van der Waals surface area (Å²) < 4.78 is 5.75. The Labute approximate surface area is 146 Å². The van der Waals surface area contributed by atoms with Gasteiger partial charge in [-0.1, -0.05) is 40.4 Å². The maximum absolute atomic E-state index is 10.1. The molecule has 0 radical (unpaired) electrons. The van der Waals surface area contributed by atoms with Crippen LogP contribution in [0.4, 0.5) is 0 Å². The van der Waals surface area contributed by atoms with Crippen molar-refractivity contribution >= 4 is 8.07 Å². The van der Waals surface area contributed by atoms with Gasteiger partial charge in [0.15, 0.2) is 0 Å². The van der Waals surface area contributed by atoms with Crippen molar-refractivity contribution in [1.82, 2.24) is 9.97 Å². The SMILES string of the molecule is CC(C)(C)c1cc(-c2nc(COCC[Si](C)(C)C)c[nH]2)ccc1O. The van der Waals surface area contributed by atoms with Crippen LogP contribution in [0.25, 0.3) is 11.4 Å². The van der Waals surface area contributed by atoms with E-state index in [1.165, 1.54) is 0 Å². The molecule has 5 heteroatoms. The number of aromatic hydroxyl groups is 1. The molecule has 0 unspecified atom stereocenters. The van der Waals surface area contributed by atoms with Crippen molar-refractivity contribution in [3.05, 3.63) is 35.7 Å². The topological polar surface area (TPSA) is 58.1 Å². The van der Waals surface area contributed by atoms with Crippen molar-refractivity contribution in [3.8, 4) is 17.1 Å². The van der Waals surface area contributed by atoms with E-state index in [1.54, 1.807) is 6.07 Å². The third-order valence-corrected chi connectivity index (χ3v) is 5.66. The van der Waals surface area contributed by atoms with E-state index in [4.69, 9.17) is 4.74 Å². The lowest BCUT2D eigenvalue weighted by molar-refractivity contribution is 0.131. The van der Waals surface area contributed by atoms with Crippen LogP contribution in [0, 0.1) is 0 Å². The minimum absolute atomic E-state index is 0.116. The van der Waals surface area contributed by atoms with Crippen LogP contribution in [0.1, 0.15) is 32.0 Å². The van der Waals surface area contributed by atoms with Crippen molar-refractivity contribution < 1.29 is 9.84 Å². The molecule has 2 aromatic rings. The molecule has 4 nitrogen and oxygen atoms in total. The van der Waals surface area contributed by atoms with Crippen molar-refractivity contribution in [2.24, 2.45) is 0 Å². The molecule has 0 aliphatic carbocycles. The number of rotatable bonds is 6. The van der Waals surface area contributed by atoms with Gasteiger partial charge < -0.3 is 14.8 Å². The van der Waals surface area contributed by atoms with Crippen molar-refractivity contribution in [3.63, 3.8) is 0 Å². The summed E-state index contributed by atoms with van der Waals surface area (Å²) in [5.74, 6) is 1.14. The average molecular weight is 347 g/mol. The second kappa shape index (κ2) is 7.11.